The van der Waals surface area contributed by atoms with Gasteiger partial charge in [0.2, 0.25) is 0 Å². The van der Waals surface area contributed by atoms with Crippen molar-refractivity contribution in [1.82, 2.24) is 0 Å². The highest BCUT2D eigenvalue weighted by molar-refractivity contribution is 4.99. The Kier molecular flexibility index (Phi) is 2.45. The van der Waals surface area contributed by atoms with Gasteiger partial charge in [0.25, 0.3) is 6.01 Å². The largest absolute Gasteiger partial charge is 0.436 e. The standard InChI is InChI=1S/C7H10FNO/c8-7-4-3-6(10-7)2-1-5-9/h3-4H,1-2,5,9H2. The number of halogens is 1. The number of aryl methyl sites for hydroxylation is 1. The highest BCUT2D eigenvalue weighted by Crippen LogP contribution is 2.06. The second-order valence-electron chi connectivity index (χ2n) is 2.10. The van der Waals surface area contributed by atoms with Gasteiger partial charge in [0.1, 0.15) is 5.76 Å². The highest BCUT2D eigenvalue weighted by Gasteiger charge is 1.98. The number of furan rings is 1. The molecule has 0 fully saturated rings. The van der Waals surface area contributed by atoms with Crippen LogP contribution in [0.4, 0.5) is 4.39 Å². The van der Waals surface area contributed by atoms with Gasteiger partial charge in [-0.05, 0) is 19.0 Å². The van der Waals surface area contributed by atoms with Gasteiger partial charge in [-0.25, -0.2) is 0 Å². The van der Waals surface area contributed by atoms with Crippen LogP contribution in [0.25, 0.3) is 0 Å². The van der Waals surface area contributed by atoms with E-state index in [4.69, 9.17) is 5.73 Å². The summed E-state index contributed by atoms with van der Waals surface area (Å²) in [5.74, 6) is 0.669. The van der Waals surface area contributed by atoms with Crippen LogP contribution >= 0.6 is 0 Å². The van der Waals surface area contributed by atoms with Crippen LogP contribution < -0.4 is 5.73 Å². The third-order valence-electron chi connectivity index (χ3n) is 1.26. The first-order chi connectivity index (χ1) is 4.83. The first-order valence-electron chi connectivity index (χ1n) is 3.27. The molecule has 0 aliphatic heterocycles. The maximum atomic E-state index is 12.2. The maximum absolute atomic E-state index is 12.2. The van der Waals surface area contributed by atoms with Gasteiger partial charge in [0.05, 0.1) is 0 Å². The van der Waals surface area contributed by atoms with Crippen LogP contribution in [0.2, 0.25) is 0 Å². The Morgan fingerprint density at radius 1 is 1.50 bits per heavy atom. The Hall–Kier alpha value is -0.830. The molecule has 0 spiro atoms. The molecule has 0 aliphatic carbocycles. The summed E-state index contributed by atoms with van der Waals surface area (Å²) in [5.41, 5.74) is 5.25. The van der Waals surface area contributed by atoms with E-state index >= 15 is 0 Å². The molecule has 1 aromatic heterocycles. The van der Waals surface area contributed by atoms with Crippen molar-refractivity contribution in [3.63, 3.8) is 0 Å². The Morgan fingerprint density at radius 2 is 2.30 bits per heavy atom. The molecular weight excluding hydrogens is 133 g/mol. The van der Waals surface area contributed by atoms with Gasteiger partial charge in [-0.2, -0.15) is 4.39 Å². The number of nitrogens with two attached hydrogens (primary N) is 1. The molecular formula is C7H10FNO. The van der Waals surface area contributed by atoms with E-state index in [2.05, 4.69) is 4.42 Å². The van der Waals surface area contributed by atoms with E-state index in [1.807, 2.05) is 0 Å². The van der Waals surface area contributed by atoms with Gasteiger partial charge in [0.15, 0.2) is 0 Å². The molecule has 0 saturated carbocycles. The molecule has 1 heterocycles. The molecule has 0 bridgehead atoms. The van der Waals surface area contributed by atoms with Gasteiger partial charge < -0.3 is 10.2 Å². The summed E-state index contributed by atoms with van der Waals surface area (Å²) in [4.78, 5) is 0. The fourth-order valence-corrected chi connectivity index (χ4v) is 0.762. The van der Waals surface area contributed by atoms with Crippen molar-refractivity contribution in [2.24, 2.45) is 5.73 Å². The molecule has 10 heavy (non-hydrogen) atoms. The monoisotopic (exact) mass is 143 g/mol. The molecule has 1 rings (SSSR count). The second kappa shape index (κ2) is 3.37. The summed E-state index contributed by atoms with van der Waals surface area (Å²) in [6.45, 7) is 0.613. The molecule has 0 aromatic carbocycles. The van der Waals surface area contributed by atoms with E-state index in [1.165, 1.54) is 6.07 Å². The number of hydrogen-bond donors (Lipinski definition) is 1. The Bertz CT molecular complexity index is 197. The zero-order chi connectivity index (χ0) is 7.40. The van der Waals surface area contributed by atoms with E-state index in [0.29, 0.717) is 12.3 Å². The highest BCUT2D eigenvalue weighted by atomic mass is 19.1. The zero-order valence-electron chi connectivity index (χ0n) is 5.64. The Morgan fingerprint density at radius 3 is 2.80 bits per heavy atom. The maximum Gasteiger partial charge on any atom is 0.277 e. The van der Waals surface area contributed by atoms with Crippen LogP contribution in [0, 0.1) is 6.01 Å². The molecule has 0 saturated heterocycles. The minimum absolute atomic E-state index is 0.521. The predicted molar refractivity (Wildman–Crippen MR) is 36.0 cm³/mol. The van der Waals surface area contributed by atoms with Crippen LogP contribution in [0.1, 0.15) is 12.2 Å². The topological polar surface area (TPSA) is 39.2 Å². The molecule has 0 amide bonds. The summed E-state index contributed by atoms with van der Waals surface area (Å²) in [6.07, 6.45) is 1.56. The SMILES string of the molecule is NCCCc1ccc(F)o1. The molecule has 0 aliphatic rings. The van der Waals surface area contributed by atoms with E-state index in [-0.39, 0.29) is 0 Å². The first kappa shape index (κ1) is 7.28. The van der Waals surface area contributed by atoms with Gasteiger partial charge in [-0.15, -0.1) is 0 Å². The third-order valence-corrected chi connectivity index (χ3v) is 1.26. The summed E-state index contributed by atoms with van der Waals surface area (Å²) in [6, 6.07) is 2.42. The van der Waals surface area contributed by atoms with E-state index in [9.17, 15) is 4.39 Å². The van der Waals surface area contributed by atoms with E-state index in [0.717, 1.165) is 12.8 Å². The van der Waals surface area contributed by atoms with Crippen molar-refractivity contribution in [2.45, 2.75) is 12.8 Å². The minimum atomic E-state index is -0.521. The van der Waals surface area contributed by atoms with E-state index < -0.39 is 6.01 Å². The van der Waals surface area contributed by atoms with Crippen LogP contribution in [0.15, 0.2) is 16.5 Å². The molecule has 0 unspecified atom stereocenters. The summed E-state index contributed by atoms with van der Waals surface area (Å²) in [7, 11) is 0. The van der Waals surface area contributed by atoms with Crippen LogP contribution in [0.5, 0.6) is 0 Å². The lowest BCUT2D eigenvalue weighted by atomic mass is 10.2. The lowest BCUT2D eigenvalue weighted by molar-refractivity contribution is 0.336. The van der Waals surface area contributed by atoms with Crippen molar-refractivity contribution < 1.29 is 8.81 Å². The van der Waals surface area contributed by atoms with Crippen molar-refractivity contribution in [3.8, 4) is 0 Å². The Labute approximate surface area is 58.8 Å². The fourth-order valence-electron chi connectivity index (χ4n) is 0.762. The third kappa shape index (κ3) is 1.84. The average Bonchev–Trinajstić information content (AvgIpc) is 2.31. The molecule has 0 radical (unpaired) electrons. The summed E-state index contributed by atoms with van der Waals surface area (Å²) >= 11 is 0. The molecule has 0 atom stereocenters. The minimum Gasteiger partial charge on any atom is -0.436 e. The fraction of sp³-hybridized carbons (Fsp3) is 0.429. The van der Waals surface area contributed by atoms with Crippen molar-refractivity contribution in [3.05, 3.63) is 23.9 Å². The first-order valence-corrected chi connectivity index (χ1v) is 3.27. The number of hydrogen-bond acceptors (Lipinski definition) is 2. The van der Waals surface area contributed by atoms with Crippen molar-refractivity contribution in [1.29, 1.82) is 0 Å². The van der Waals surface area contributed by atoms with Gasteiger partial charge in [0, 0.05) is 12.5 Å². The van der Waals surface area contributed by atoms with E-state index in [1.54, 1.807) is 6.07 Å². The summed E-state index contributed by atoms with van der Waals surface area (Å²) < 4.78 is 16.8. The van der Waals surface area contributed by atoms with Crippen LogP contribution in [0.3, 0.4) is 0 Å². The second-order valence-corrected chi connectivity index (χ2v) is 2.10. The Balaban J connectivity index is 2.42. The molecule has 2 N–H and O–H groups in total. The number of rotatable bonds is 3. The zero-order valence-corrected chi connectivity index (χ0v) is 5.64. The molecule has 3 heteroatoms. The molecule has 56 valence electrons. The molecule has 2 nitrogen and oxygen atoms in total. The quantitative estimate of drug-likeness (QED) is 0.692. The van der Waals surface area contributed by atoms with Gasteiger partial charge in [-0.3, -0.25) is 0 Å². The predicted octanol–water partition coefficient (Wildman–Crippen LogP) is 1.31. The lowest BCUT2D eigenvalue weighted by Crippen LogP contribution is -1.99. The van der Waals surface area contributed by atoms with Gasteiger partial charge >= 0.3 is 0 Å². The van der Waals surface area contributed by atoms with Crippen LogP contribution in [-0.4, -0.2) is 6.54 Å². The van der Waals surface area contributed by atoms with Gasteiger partial charge in [-0.1, -0.05) is 0 Å². The molecule has 1 aromatic rings. The average molecular weight is 143 g/mol. The summed E-state index contributed by atoms with van der Waals surface area (Å²) in [5, 5.41) is 0. The van der Waals surface area contributed by atoms with Crippen molar-refractivity contribution >= 4 is 0 Å². The lowest BCUT2D eigenvalue weighted by Gasteiger charge is -1.90. The van der Waals surface area contributed by atoms with Crippen molar-refractivity contribution in [2.75, 3.05) is 6.54 Å². The normalized spacial score (nSPS) is 10.2. The van der Waals surface area contributed by atoms with Crippen LogP contribution in [-0.2, 0) is 6.42 Å². The smallest absolute Gasteiger partial charge is 0.277 e.